The quantitative estimate of drug-likeness (QED) is 0.0397. The standard InChI is InChI=1S/C40H63N3O8/c1-5-9-10-11-12-13-14-15-16-20-30-51-40(47)33-31-34(48-27-21-17-24-41-36(44)6-2)39(50-29-23-19-26-43-38(46)8-4)35(32-33)49-28-22-18-25-42-37(45)7-3/h6-8,31-32H,2-5,9-30H2,1H3,(H,41,44)(H,42,45)(H,43,46). The van der Waals surface area contributed by atoms with Crippen LogP contribution in [0.3, 0.4) is 0 Å². The van der Waals surface area contributed by atoms with E-state index in [2.05, 4.69) is 42.6 Å². The van der Waals surface area contributed by atoms with Crippen molar-refractivity contribution in [2.45, 2.75) is 110 Å². The van der Waals surface area contributed by atoms with Gasteiger partial charge < -0.3 is 34.9 Å². The van der Waals surface area contributed by atoms with E-state index >= 15 is 0 Å². The van der Waals surface area contributed by atoms with Gasteiger partial charge in [0.15, 0.2) is 11.5 Å². The maximum atomic E-state index is 13.2. The van der Waals surface area contributed by atoms with Crippen molar-refractivity contribution in [3.05, 3.63) is 55.7 Å². The highest BCUT2D eigenvalue weighted by Gasteiger charge is 2.20. The van der Waals surface area contributed by atoms with E-state index in [9.17, 15) is 19.2 Å². The Hall–Kier alpha value is -4.28. The number of esters is 1. The Balaban J connectivity index is 2.95. The number of benzene rings is 1. The van der Waals surface area contributed by atoms with Crippen LogP contribution in [0.25, 0.3) is 0 Å². The number of carbonyl (C=O) groups excluding carboxylic acids is 4. The molecule has 0 fully saturated rings. The molecule has 1 aromatic carbocycles. The van der Waals surface area contributed by atoms with Crippen LogP contribution in [0.15, 0.2) is 50.1 Å². The van der Waals surface area contributed by atoms with E-state index < -0.39 is 5.97 Å². The fourth-order valence-electron chi connectivity index (χ4n) is 4.96. The van der Waals surface area contributed by atoms with Gasteiger partial charge in [-0.1, -0.05) is 84.4 Å². The largest absolute Gasteiger partial charge is 0.490 e. The summed E-state index contributed by atoms with van der Waals surface area (Å²) in [7, 11) is 0. The zero-order valence-corrected chi connectivity index (χ0v) is 31.0. The highest BCUT2D eigenvalue weighted by atomic mass is 16.5. The number of ether oxygens (including phenoxy) is 4. The van der Waals surface area contributed by atoms with Gasteiger partial charge in [-0.25, -0.2) is 4.79 Å². The van der Waals surface area contributed by atoms with E-state index in [4.69, 9.17) is 18.9 Å². The molecule has 1 aromatic rings. The minimum absolute atomic E-state index is 0.231. The Kier molecular flexibility index (Phi) is 26.8. The third kappa shape index (κ3) is 22.9. The van der Waals surface area contributed by atoms with Crippen molar-refractivity contribution in [1.29, 1.82) is 0 Å². The molecule has 3 amide bonds. The number of amides is 3. The van der Waals surface area contributed by atoms with Gasteiger partial charge in [0.05, 0.1) is 32.0 Å². The molecule has 0 aromatic heterocycles. The summed E-state index contributed by atoms with van der Waals surface area (Å²) in [6.07, 6.45) is 19.5. The third-order valence-electron chi connectivity index (χ3n) is 7.92. The number of unbranched alkanes of at least 4 members (excludes halogenated alkanes) is 12. The van der Waals surface area contributed by atoms with Crippen molar-refractivity contribution >= 4 is 23.7 Å². The molecule has 0 heterocycles. The van der Waals surface area contributed by atoms with Crippen LogP contribution in [0.4, 0.5) is 0 Å². The molecular formula is C40H63N3O8. The lowest BCUT2D eigenvalue weighted by Crippen LogP contribution is -2.22. The van der Waals surface area contributed by atoms with Crippen LogP contribution in [0.5, 0.6) is 17.2 Å². The van der Waals surface area contributed by atoms with E-state index in [0.29, 0.717) is 107 Å². The van der Waals surface area contributed by atoms with Crippen molar-refractivity contribution in [3.8, 4) is 17.2 Å². The second kappa shape index (κ2) is 30.5. The summed E-state index contributed by atoms with van der Waals surface area (Å²) in [6, 6.07) is 3.25. The van der Waals surface area contributed by atoms with Crippen molar-refractivity contribution < 1.29 is 38.1 Å². The summed E-state index contributed by atoms with van der Waals surface area (Å²) in [6.45, 7) is 15.3. The maximum Gasteiger partial charge on any atom is 0.338 e. The van der Waals surface area contributed by atoms with Gasteiger partial charge in [-0.2, -0.15) is 0 Å². The molecule has 286 valence electrons. The van der Waals surface area contributed by atoms with Gasteiger partial charge in [0.2, 0.25) is 23.5 Å². The molecule has 1 rings (SSSR count). The first kappa shape index (κ1) is 44.7. The molecular weight excluding hydrogens is 650 g/mol. The Morgan fingerprint density at radius 1 is 0.529 bits per heavy atom. The van der Waals surface area contributed by atoms with E-state index in [1.54, 1.807) is 12.1 Å². The molecule has 11 heteroatoms. The average Bonchev–Trinajstić information content (AvgIpc) is 3.14. The fraction of sp³-hybridized carbons (Fsp3) is 0.600. The Labute approximate surface area is 306 Å². The molecule has 11 nitrogen and oxygen atoms in total. The zero-order valence-electron chi connectivity index (χ0n) is 31.0. The van der Waals surface area contributed by atoms with Gasteiger partial charge >= 0.3 is 5.97 Å². The van der Waals surface area contributed by atoms with Crippen LogP contribution < -0.4 is 30.2 Å². The van der Waals surface area contributed by atoms with E-state index in [1.807, 2.05) is 0 Å². The zero-order chi connectivity index (χ0) is 37.4. The molecule has 0 saturated heterocycles. The first-order valence-electron chi connectivity index (χ1n) is 18.8. The van der Waals surface area contributed by atoms with Crippen molar-refractivity contribution in [2.75, 3.05) is 46.1 Å². The van der Waals surface area contributed by atoms with Gasteiger partial charge in [-0.15, -0.1) is 0 Å². The molecule has 51 heavy (non-hydrogen) atoms. The van der Waals surface area contributed by atoms with Crippen LogP contribution in [-0.2, 0) is 19.1 Å². The van der Waals surface area contributed by atoms with Crippen LogP contribution in [-0.4, -0.2) is 69.8 Å². The molecule has 0 unspecified atom stereocenters. The molecule has 0 atom stereocenters. The highest BCUT2D eigenvalue weighted by Crippen LogP contribution is 2.40. The van der Waals surface area contributed by atoms with Crippen molar-refractivity contribution in [1.82, 2.24) is 16.0 Å². The van der Waals surface area contributed by atoms with E-state index in [-0.39, 0.29) is 17.7 Å². The van der Waals surface area contributed by atoms with Gasteiger partial charge in [-0.3, -0.25) is 14.4 Å². The Bertz CT molecular complexity index is 1130. The predicted molar refractivity (Wildman–Crippen MR) is 202 cm³/mol. The lowest BCUT2D eigenvalue weighted by Gasteiger charge is -2.19. The Morgan fingerprint density at radius 2 is 0.902 bits per heavy atom. The number of nitrogens with one attached hydrogen (secondary N) is 3. The van der Waals surface area contributed by atoms with Crippen LogP contribution in [0.1, 0.15) is 120 Å². The van der Waals surface area contributed by atoms with Gasteiger partial charge in [0, 0.05) is 19.6 Å². The molecule has 0 radical (unpaired) electrons. The van der Waals surface area contributed by atoms with Crippen LogP contribution in [0.2, 0.25) is 0 Å². The first-order chi connectivity index (χ1) is 24.9. The van der Waals surface area contributed by atoms with E-state index in [1.165, 1.54) is 63.2 Å². The van der Waals surface area contributed by atoms with Gasteiger partial charge in [0.1, 0.15) is 0 Å². The van der Waals surface area contributed by atoms with Gasteiger partial charge in [-0.05, 0) is 75.3 Å². The topological polar surface area (TPSA) is 141 Å². The molecule has 0 aliphatic heterocycles. The summed E-state index contributed by atoms with van der Waals surface area (Å²) in [4.78, 5) is 47.6. The minimum atomic E-state index is -0.468. The summed E-state index contributed by atoms with van der Waals surface area (Å²) >= 11 is 0. The van der Waals surface area contributed by atoms with Crippen molar-refractivity contribution in [2.24, 2.45) is 0 Å². The molecule has 0 aliphatic carbocycles. The smallest absolute Gasteiger partial charge is 0.338 e. The second-order valence-corrected chi connectivity index (χ2v) is 12.3. The lowest BCUT2D eigenvalue weighted by atomic mass is 10.1. The fourth-order valence-corrected chi connectivity index (χ4v) is 4.96. The maximum absolute atomic E-state index is 13.2. The normalized spacial score (nSPS) is 10.5. The molecule has 0 aliphatic rings. The summed E-state index contributed by atoms with van der Waals surface area (Å²) in [5, 5.41) is 8.24. The molecule has 0 bridgehead atoms. The first-order valence-corrected chi connectivity index (χ1v) is 18.8. The monoisotopic (exact) mass is 713 g/mol. The molecule has 0 saturated carbocycles. The highest BCUT2D eigenvalue weighted by molar-refractivity contribution is 5.91. The second-order valence-electron chi connectivity index (χ2n) is 12.3. The summed E-state index contributed by atoms with van der Waals surface area (Å²) in [5.74, 6) is -0.0840. The predicted octanol–water partition coefficient (Wildman–Crippen LogP) is 7.15. The van der Waals surface area contributed by atoms with Crippen LogP contribution in [0, 0.1) is 0 Å². The number of hydrogen-bond acceptors (Lipinski definition) is 8. The SMILES string of the molecule is C=CC(=O)NCCCCOc1cc(C(=O)OCCCCCCCCCCCC)cc(OCCCCNC(=O)C=C)c1OCCCCNC(=O)C=C. The average molecular weight is 714 g/mol. The summed E-state index contributed by atoms with van der Waals surface area (Å²) < 4.78 is 24.1. The van der Waals surface area contributed by atoms with Gasteiger partial charge in [0.25, 0.3) is 0 Å². The molecule has 3 N–H and O–H groups in total. The lowest BCUT2D eigenvalue weighted by molar-refractivity contribution is -0.117. The van der Waals surface area contributed by atoms with Crippen LogP contribution >= 0.6 is 0 Å². The minimum Gasteiger partial charge on any atom is -0.490 e. The number of carbonyl (C=O) groups is 4. The molecule has 0 spiro atoms. The van der Waals surface area contributed by atoms with Crippen molar-refractivity contribution in [3.63, 3.8) is 0 Å². The Morgan fingerprint density at radius 3 is 1.31 bits per heavy atom. The number of rotatable bonds is 33. The third-order valence-corrected chi connectivity index (χ3v) is 7.92. The number of hydrogen-bond donors (Lipinski definition) is 3. The van der Waals surface area contributed by atoms with E-state index in [0.717, 1.165) is 19.3 Å². The summed E-state index contributed by atoms with van der Waals surface area (Å²) in [5.41, 5.74) is 0.294.